The normalized spacial score (nSPS) is 14.5. The number of hydrogen-bond acceptors (Lipinski definition) is 4. The van der Waals surface area contributed by atoms with Gasteiger partial charge in [-0.1, -0.05) is 38.5 Å². The van der Waals surface area contributed by atoms with Crippen molar-refractivity contribution >= 4 is 9.84 Å². The van der Waals surface area contributed by atoms with Crippen molar-refractivity contribution in [2.45, 2.75) is 38.6 Å². The summed E-state index contributed by atoms with van der Waals surface area (Å²) in [6, 6.07) is 6.59. The third-order valence-electron chi connectivity index (χ3n) is 3.01. The Morgan fingerprint density at radius 2 is 1.72 bits per heavy atom. The molecule has 0 unspecified atom stereocenters. The summed E-state index contributed by atoms with van der Waals surface area (Å²) in [4.78, 5) is 0.345. The molecular formula is C13H22N2O2S. The van der Waals surface area contributed by atoms with E-state index in [1.807, 2.05) is 27.7 Å². The number of nitrogens with two attached hydrogens (primary N) is 1. The first kappa shape index (κ1) is 15.1. The molecule has 18 heavy (non-hydrogen) atoms. The lowest BCUT2D eigenvalue weighted by Gasteiger charge is -2.29. The minimum absolute atomic E-state index is 0.00391. The first-order valence-corrected chi connectivity index (χ1v) is 7.57. The maximum atomic E-state index is 12.3. The van der Waals surface area contributed by atoms with Crippen LogP contribution in [0, 0.1) is 12.3 Å². The van der Waals surface area contributed by atoms with E-state index in [1.54, 1.807) is 24.3 Å². The van der Waals surface area contributed by atoms with E-state index in [-0.39, 0.29) is 17.2 Å². The molecule has 0 fully saturated rings. The highest BCUT2D eigenvalue weighted by atomic mass is 32.2. The van der Waals surface area contributed by atoms with Gasteiger partial charge in [0.1, 0.15) is 0 Å². The molecule has 5 heteroatoms. The molecule has 0 saturated heterocycles. The zero-order chi connectivity index (χ0) is 14.0. The second kappa shape index (κ2) is 5.38. The SMILES string of the molecule is Cc1ccc(S(=O)(=O)C[C@@H](NN)C(C)(C)C)cc1. The largest absolute Gasteiger partial charge is 0.271 e. The van der Waals surface area contributed by atoms with Gasteiger partial charge in [0.2, 0.25) is 0 Å². The first-order valence-electron chi connectivity index (χ1n) is 5.92. The van der Waals surface area contributed by atoms with Crippen LogP contribution in [-0.4, -0.2) is 20.2 Å². The van der Waals surface area contributed by atoms with Crippen LogP contribution in [0.25, 0.3) is 0 Å². The van der Waals surface area contributed by atoms with Gasteiger partial charge in [0.25, 0.3) is 0 Å². The molecule has 0 heterocycles. The molecule has 0 aromatic heterocycles. The summed E-state index contributed by atoms with van der Waals surface area (Å²) in [6.45, 7) is 7.81. The molecule has 0 amide bonds. The summed E-state index contributed by atoms with van der Waals surface area (Å²) in [7, 11) is -3.31. The predicted octanol–water partition coefficient (Wildman–Crippen LogP) is 1.65. The maximum absolute atomic E-state index is 12.3. The zero-order valence-corrected chi connectivity index (χ0v) is 12.2. The van der Waals surface area contributed by atoms with Crippen molar-refractivity contribution in [3.8, 4) is 0 Å². The van der Waals surface area contributed by atoms with E-state index < -0.39 is 9.84 Å². The Bertz CT molecular complexity index is 487. The van der Waals surface area contributed by atoms with Gasteiger partial charge in [-0.2, -0.15) is 0 Å². The van der Waals surface area contributed by atoms with Crippen LogP contribution in [0.4, 0.5) is 0 Å². The van der Waals surface area contributed by atoms with Crippen molar-refractivity contribution in [1.29, 1.82) is 0 Å². The molecule has 1 aromatic rings. The highest BCUT2D eigenvalue weighted by Crippen LogP contribution is 2.22. The van der Waals surface area contributed by atoms with E-state index in [1.165, 1.54) is 0 Å². The summed E-state index contributed by atoms with van der Waals surface area (Å²) >= 11 is 0. The van der Waals surface area contributed by atoms with Crippen molar-refractivity contribution in [2.75, 3.05) is 5.75 Å². The van der Waals surface area contributed by atoms with Crippen LogP contribution in [0.15, 0.2) is 29.2 Å². The van der Waals surface area contributed by atoms with Gasteiger partial charge in [-0.25, -0.2) is 8.42 Å². The molecule has 3 N–H and O–H groups in total. The Balaban J connectivity index is 2.98. The number of benzene rings is 1. The maximum Gasteiger partial charge on any atom is 0.179 e. The minimum Gasteiger partial charge on any atom is -0.271 e. The van der Waals surface area contributed by atoms with Gasteiger partial charge in [-0.05, 0) is 24.5 Å². The number of aryl methyl sites for hydroxylation is 1. The molecule has 1 atom stereocenters. The van der Waals surface area contributed by atoms with Gasteiger partial charge in [-0.3, -0.25) is 11.3 Å². The van der Waals surface area contributed by atoms with E-state index in [0.29, 0.717) is 4.90 Å². The number of rotatable bonds is 4. The smallest absolute Gasteiger partial charge is 0.179 e. The lowest BCUT2D eigenvalue weighted by atomic mass is 9.88. The Morgan fingerprint density at radius 3 is 2.11 bits per heavy atom. The Kier molecular flexibility index (Phi) is 4.53. The van der Waals surface area contributed by atoms with E-state index in [0.717, 1.165) is 5.56 Å². The molecular weight excluding hydrogens is 248 g/mol. The molecule has 4 nitrogen and oxygen atoms in total. The molecule has 0 spiro atoms. The summed E-state index contributed by atoms with van der Waals surface area (Å²) in [6.07, 6.45) is 0. The van der Waals surface area contributed by atoms with Crippen LogP contribution in [-0.2, 0) is 9.84 Å². The zero-order valence-electron chi connectivity index (χ0n) is 11.4. The van der Waals surface area contributed by atoms with Crippen molar-refractivity contribution in [1.82, 2.24) is 5.43 Å². The summed E-state index contributed by atoms with van der Waals surface area (Å²) < 4.78 is 24.5. The second-order valence-electron chi connectivity index (χ2n) is 5.68. The molecule has 1 aromatic carbocycles. The lowest BCUT2D eigenvalue weighted by molar-refractivity contribution is 0.291. The van der Waals surface area contributed by atoms with Gasteiger partial charge in [-0.15, -0.1) is 0 Å². The van der Waals surface area contributed by atoms with Crippen molar-refractivity contribution in [2.24, 2.45) is 11.3 Å². The topological polar surface area (TPSA) is 72.2 Å². The third-order valence-corrected chi connectivity index (χ3v) is 4.78. The highest BCUT2D eigenvalue weighted by Gasteiger charge is 2.29. The number of sulfone groups is 1. The molecule has 102 valence electrons. The molecule has 0 aliphatic rings. The second-order valence-corrected chi connectivity index (χ2v) is 7.71. The first-order chi connectivity index (χ1) is 8.16. The minimum atomic E-state index is -3.31. The van der Waals surface area contributed by atoms with E-state index in [9.17, 15) is 8.42 Å². The average molecular weight is 270 g/mol. The summed E-state index contributed by atoms with van der Waals surface area (Å²) in [5.41, 5.74) is 3.42. The van der Waals surface area contributed by atoms with Crippen LogP contribution in [0.5, 0.6) is 0 Å². The fraction of sp³-hybridized carbons (Fsp3) is 0.538. The van der Waals surface area contributed by atoms with Crippen LogP contribution in [0.1, 0.15) is 26.3 Å². The molecule has 1 rings (SSSR count). The quantitative estimate of drug-likeness (QED) is 0.644. The van der Waals surface area contributed by atoms with Crippen molar-refractivity contribution in [3.63, 3.8) is 0 Å². The standard InChI is InChI=1S/C13H22N2O2S/c1-10-5-7-11(8-6-10)18(16,17)9-12(15-14)13(2,3)4/h5-8,12,15H,9,14H2,1-4H3/t12-/m1/s1. The third kappa shape index (κ3) is 3.80. The predicted molar refractivity (Wildman–Crippen MR) is 73.8 cm³/mol. The van der Waals surface area contributed by atoms with E-state index in [2.05, 4.69) is 5.43 Å². The van der Waals surface area contributed by atoms with Crippen LogP contribution in [0.2, 0.25) is 0 Å². The fourth-order valence-corrected chi connectivity index (χ4v) is 3.39. The van der Waals surface area contributed by atoms with Crippen LogP contribution in [0.3, 0.4) is 0 Å². The molecule has 0 saturated carbocycles. The van der Waals surface area contributed by atoms with E-state index >= 15 is 0 Å². The van der Waals surface area contributed by atoms with Gasteiger partial charge in [0.05, 0.1) is 10.6 Å². The van der Waals surface area contributed by atoms with Gasteiger partial charge < -0.3 is 0 Å². The molecule has 0 aliphatic carbocycles. The van der Waals surface area contributed by atoms with Crippen molar-refractivity contribution < 1.29 is 8.42 Å². The monoisotopic (exact) mass is 270 g/mol. The molecule has 0 bridgehead atoms. The highest BCUT2D eigenvalue weighted by molar-refractivity contribution is 7.91. The molecule has 0 radical (unpaired) electrons. The van der Waals surface area contributed by atoms with Crippen molar-refractivity contribution in [3.05, 3.63) is 29.8 Å². The fourth-order valence-electron chi connectivity index (χ4n) is 1.61. The van der Waals surface area contributed by atoms with Gasteiger partial charge >= 0.3 is 0 Å². The van der Waals surface area contributed by atoms with Gasteiger partial charge in [0.15, 0.2) is 9.84 Å². The Labute approximate surface area is 109 Å². The Hall–Kier alpha value is -0.910. The number of hydrogen-bond donors (Lipinski definition) is 2. The number of nitrogens with one attached hydrogen (secondary N) is 1. The summed E-state index contributed by atoms with van der Waals surface area (Å²) in [5, 5.41) is 0. The van der Waals surface area contributed by atoms with Crippen LogP contribution < -0.4 is 11.3 Å². The van der Waals surface area contributed by atoms with E-state index in [4.69, 9.17) is 5.84 Å². The summed E-state index contributed by atoms with van der Waals surface area (Å²) in [5.74, 6) is 5.45. The van der Waals surface area contributed by atoms with Crippen LogP contribution >= 0.6 is 0 Å². The lowest BCUT2D eigenvalue weighted by Crippen LogP contribution is -2.48. The molecule has 0 aliphatic heterocycles. The average Bonchev–Trinajstić information content (AvgIpc) is 2.25. The number of hydrazine groups is 1. The Morgan fingerprint density at radius 1 is 1.22 bits per heavy atom. The van der Waals surface area contributed by atoms with Gasteiger partial charge in [0, 0.05) is 6.04 Å².